The Morgan fingerprint density at radius 2 is 1.51 bits per heavy atom. The summed E-state index contributed by atoms with van der Waals surface area (Å²) < 4.78 is 5.12. The minimum atomic E-state index is -1.17. The van der Waals surface area contributed by atoms with Crippen LogP contribution in [0.25, 0.3) is 0 Å². The number of rotatable bonds is 11. The Kier molecular flexibility index (Phi) is 10.4. The Labute approximate surface area is 226 Å². The molecule has 208 valence electrons. The Morgan fingerprint density at radius 1 is 0.897 bits per heavy atom. The number of carboxylic acid groups (broad SMARTS) is 1. The van der Waals surface area contributed by atoms with Gasteiger partial charge in [-0.25, -0.2) is 9.59 Å². The second kappa shape index (κ2) is 13.9. The van der Waals surface area contributed by atoms with Crippen LogP contribution in [0.3, 0.4) is 0 Å². The van der Waals surface area contributed by atoms with Gasteiger partial charge in [0, 0.05) is 13.0 Å². The van der Waals surface area contributed by atoms with Crippen LogP contribution in [0, 0.1) is 0 Å². The number of carbonyl (C=O) groups is 5. The van der Waals surface area contributed by atoms with Crippen LogP contribution in [0.4, 0.5) is 4.79 Å². The molecule has 0 aromatic heterocycles. The van der Waals surface area contributed by atoms with E-state index < -0.39 is 54.0 Å². The summed E-state index contributed by atoms with van der Waals surface area (Å²) in [4.78, 5) is 63.9. The number of carboxylic acids is 1. The molecule has 0 aliphatic carbocycles. The molecule has 0 radical (unpaired) electrons. The molecule has 11 heteroatoms. The molecule has 2 aromatic carbocycles. The summed E-state index contributed by atoms with van der Waals surface area (Å²) in [7, 11) is 0. The van der Waals surface area contributed by atoms with Crippen LogP contribution in [-0.4, -0.2) is 70.5 Å². The van der Waals surface area contributed by atoms with Gasteiger partial charge in [0.05, 0.1) is 0 Å². The second-order valence-corrected chi connectivity index (χ2v) is 9.44. The molecule has 4 unspecified atom stereocenters. The van der Waals surface area contributed by atoms with Crippen molar-refractivity contribution >= 4 is 29.8 Å². The maximum atomic E-state index is 13.1. The van der Waals surface area contributed by atoms with Crippen molar-refractivity contribution < 1.29 is 33.8 Å². The summed E-state index contributed by atoms with van der Waals surface area (Å²) >= 11 is 0. The van der Waals surface area contributed by atoms with E-state index in [1.807, 2.05) is 24.3 Å². The standard InChI is InChI=1S/C28H34N4O7/c1-18(30-28(38)39-17-21-12-7-4-8-13-21)24(33)29-19(2)26(35)32-15-9-14-23(32)25(34)31-22(27(36)37)16-20-10-5-3-6-11-20/h3-8,10-13,18-19,22-23H,9,14-17H2,1-2H3,(H,29,33)(H,30,38)(H,31,34)(H,36,37). The Morgan fingerprint density at radius 3 is 2.13 bits per heavy atom. The van der Waals surface area contributed by atoms with E-state index in [9.17, 15) is 29.1 Å². The minimum absolute atomic E-state index is 0.0440. The van der Waals surface area contributed by atoms with Gasteiger partial charge in [-0.3, -0.25) is 14.4 Å². The summed E-state index contributed by atoms with van der Waals surface area (Å²) in [6.07, 6.45) is 0.265. The van der Waals surface area contributed by atoms with Gasteiger partial charge in [-0.05, 0) is 37.8 Å². The number of benzene rings is 2. The molecule has 1 heterocycles. The number of hydrogen-bond acceptors (Lipinski definition) is 6. The van der Waals surface area contributed by atoms with Crippen LogP contribution in [0.5, 0.6) is 0 Å². The highest BCUT2D eigenvalue weighted by Gasteiger charge is 2.38. The van der Waals surface area contributed by atoms with Crippen molar-refractivity contribution in [2.45, 2.75) is 63.9 Å². The summed E-state index contributed by atoms with van der Waals surface area (Å²) in [5, 5.41) is 17.2. The van der Waals surface area contributed by atoms with Gasteiger partial charge in [-0.1, -0.05) is 60.7 Å². The van der Waals surface area contributed by atoms with Gasteiger partial charge in [0.1, 0.15) is 30.8 Å². The van der Waals surface area contributed by atoms with Crippen molar-refractivity contribution in [3.05, 3.63) is 71.8 Å². The van der Waals surface area contributed by atoms with Gasteiger partial charge in [-0.2, -0.15) is 0 Å². The number of likely N-dealkylation sites (tertiary alicyclic amines) is 1. The van der Waals surface area contributed by atoms with Crippen LogP contribution < -0.4 is 16.0 Å². The predicted octanol–water partition coefficient (Wildman–Crippen LogP) is 1.61. The molecule has 0 spiro atoms. The van der Waals surface area contributed by atoms with Gasteiger partial charge >= 0.3 is 12.1 Å². The van der Waals surface area contributed by atoms with E-state index in [2.05, 4.69) is 16.0 Å². The van der Waals surface area contributed by atoms with Crippen molar-refractivity contribution in [3.8, 4) is 0 Å². The molecule has 4 atom stereocenters. The van der Waals surface area contributed by atoms with Crippen LogP contribution >= 0.6 is 0 Å². The maximum Gasteiger partial charge on any atom is 0.408 e. The van der Waals surface area contributed by atoms with Gasteiger partial charge in [0.2, 0.25) is 17.7 Å². The Balaban J connectivity index is 1.51. The molecule has 4 amide bonds. The normalized spacial score (nSPS) is 16.9. The molecule has 1 saturated heterocycles. The molecule has 1 fully saturated rings. The average Bonchev–Trinajstić information content (AvgIpc) is 3.42. The summed E-state index contributed by atoms with van der Waals surface area (Å²) in [5.74, 6) is -2.80. The summed E-state index contributed by atoms with van der Waals surface area (Å²) in [6.45, 7) is 3.29. The number of amides is 4. The van der Waals surface area contributed by atoms with Crippen LogP contribution in [0.15, 0.2) is 60.7 Å². The molecular weight excluding hydrogens is 504 g/mol. The zero-order valence-electron chi connectivity index (χ0n) is 22.0. The zero-order valence-corrected chi connectivity index (χ0v) is 22.0. The molecule has 4 N–H and O–H groups in total. The highest BCUT2D eigenvalue weighted by molar-refractivity contribution is 5.94. The number of nitrogens with zero attached hydrogens (tertiary/aromatic N) is 1. The molecule has 39 heavy (non-hydrogen) atoms. The third kappa shape index (κ3) is 8.56. The molecule has 0 saturated carbocycles. The lowest BCUT2D eigenvalue weighted by atomic mass is 10.1. The third-order valence-electron chi connectivity index (χ3n) is 6.41. The van der Waals surface area contributed by atoms with Gasteiger partial charge in [0.15, 0.2) is 0 Å². The number of ether oxygens (including phenoxy) is 1. The number of nitrogens with one attached hydrogen (secondary N) is 3. The number of aliphatic carboxylic acids is 1. The summed E-state index contributed by atoms with van der Waals surface area (Å²) in [5.41, 5.74) is 1.55. The van der Waals surface area contributed by atoms with Crippen LogP contribution in [-0.2, 0) is 36.9 Å². The molecular formula is C28H34N4O7. The minimum Gasteiger partial charge on any atom is -0.480 e. The lowest BCUT2D eigenvalue weighted by molar-refractivity contribution is -0.144. The van der Waals surface area contributed by atoms with E-state index in [4.69, 9.17) is 4.74 Å². The van der Waals surface area contributed by atoms with E-state index in [-0.39, 0.29) is 13.0 Å². The number of alkyl carbamates (subject to hydrolysis) is 1. The highest BCUT2D eigenvalue weighted by Crippen LogP contribution is 2.19. The van der Waals surface area contributed by atoms with Crippen molar-refractivity contribution in [2.24, 2.45) is 0 Å². The van der Waals surface area contributed by atoms with E-state index in [0.29, 0.717) is 19.4 Å². The molecule has 1 aliphatic rings. The SMILES string of the molecule is CC(NC(=O)OCc1ccccc1)C(=O)NC(C)C(=O)N1CCCC1C(=O)NC(Cc1ccccc1)C(=O)O. The first kappa shape index (κ1) is 29.2. The Hall–Kier alpha value is -4.41. The molecule has 1 aliphatic heterocycles. The first-order valence-corrected chi connectivity index (χ1v) is 12.8. The highest BCUT2D eigenvalue weighted by atomic mass is 16.5. The van der Waals surface area contributed by atoms with Crippen molar-refractivity contribution in [3.63, 3.8) is 0 Å². The van der Waals surface area contributed by atoms with Crippen molar-refractivity contribution in [2.75, 3.05) is 6.54 Å². The van der Waals surface area contributed by atoms with E-state index in [0.717, 1.165) is 11.1 Å². The van der Waals surface area contributed by atoms with Gasteiger partial charge in [0.25, 0.3) is 0 Å². The molecule has 3 rings (SSSR count). The van der Waals surface area contributed by atoms with Crippen LogP contribution in [0.1, 0.15) is 37.8 Å². The molecule has 2 aromatic rings. The topological polar surface area (TPSA) is 154 Å². The van der Waals surface area contributed by atoms with Crippen LogP contribution in [0.2, 0.25) is 0 Å². The fourth-order valence-corrected chi connectivity index (χ4v) is 4.28. The van der Waals surface area contributed by atoms with E-state index in [1.165, 1.54) is 18.7 Å². The fourth-order valence-electron chi connectivity index (χ4n) is 4.28. The zero-order chi connectivity index (χ0) is 28.4. The van der Waals surface area contributed by atoms with Gasteiger partial charge < -0.3 is 30.7 Å². The number of carbonyl (C=O) groups excluding carboxylic acids is 4. The maximum absolute atomic E-state index is 13.1. The lowest BCUT2D eigenvalue weighted by Crippen LogP contribution is -2.56. The second-order valence-electron chi connectivity index (χ2n) is 9.44. The third-order valence-corrected chi connectivity index (χ3v) is 6.41. The quantitative estimate of drug-likeness (QED) is 0.339. The smallest absolute Gasteiger partial charge is 0.408 e. The molecule has 11 nitrogen and oxygen atoms in total. The largest absolute Gasteiger partial charge is 0.480 e. The first-order valence-electron chi connectivity index (χ1n) is 12.8. The van der Waals surface area contributed by atoms with Crippen molar-refractivity contribution in [1.29, 1.82) is 0 Å². The average molecular weight is 539 g/mol. The van der Waals surface area contributed by atoms with E-state index >= 15 is 0 Å². The Bertz CT molecular complexity index is 1160. The predicted molar refractivity (Wildman–Crippen MR) is 141 cm³/mol. The first-order chi connectivity index (χ1) is 18.7. The molecule has 0 bridgehead atoms. The van der Waals surface area contributed by atoms with Crippen molar-refractivity contribution in [1.82, 2.24) is 20.9 Å². The van der Waals surface area contributed by atoms with Gasteiger partial charge in [-0.15, -0.1) is 0 Å². The van der Waals surface area contributed by atoms with E-state index in [1.54, 1.807) is 36.4 Å². The monoisotopic (exact) mass is 538 g/mol. The number of hydrogen-bond donors (Lipinski definition) is 4. The lowest BCUT2D eigenvalue weighted by Gasteiger charge is -2.28. The summed E-state index contributed by atoms with van der Waals surface area (Å²) in [6, 6.07) is 14.0. The fraction of sp³-hybridized carbons (Fsp3) is 0.393.